The lowest BCUT2D eigenvalue weighted by atomic mass is 9.92. The largest absolute Gasteiger partial charge is 0.465 e. The lowest BCUT2D eigenvalue weighted by Crippen LogP contribution is -2.23. The maximum Gasteiger partial charge on any atom is 0.338 e. The second kappa shape index (κ2) is 10.1. The number of hydrogen-bond donors (Lipinski definition) is 0. The average molecular weight is 395 g/mol. The maximum atomic E-state index is 12.1. The van der Waals surface area contributed by atoms with E-state index < -0.39 is 5.60 Å². The Morgan fingerprint density at radius 1 is 0.931 bits per heavy atom. The van der Waals surface area contributed by atoms with E-state index in [9.17, 15) is 9.59 Å². The van der Waals surface area contributed by atoms with Gasteiger partial charge in [-0.1, -0.05) is 30.3 Å². The highest BCUT2D eigenvalue weighted by Gasteiger charge is 2.17. The molecule has 0 aliphatic heterocycles. The van der Waals surface area contributed by atoms with Gasteiger partial charge in [-0.15, -0.1) is 6.58 Å². The van der Waals surface area contributed by atoms with E-state index >= 15 is 0 Å². The van der Waals surface area contributed by atoms with Gasteiger partial charge < -0.3 is 9.47 Å². The summed E-state index contributed by atoms with van der Waals surface area (Å²) in [5.41, 5.74) is 2.95. The van der Waals surface area contributed by atoms with Crippen LogP contribution in [0.1, 0.15) is 59.0 Å². The summed E-state index contributed by atoms with van der Waals surface area (Å²) in [4.78, 5) is 23.6. The topological polar surface area (TPSA) is 52.6 Å². The molecule has 1 unspecified atom stereocenters. The van der Waals surface area contributed by atoms with Gasteiger partial charge in [-0.05, 0) is 81.3 Å². The highest BCUT2D eigenvalue weighted by atomic mass is 16.6. The molecule has 2 aromatic carbocycles. The number of esters is 2. The Morgan fingerprint density at radius 2 is 1.45 bits per heavy atom. The van der Waals surface area contributed by atoms with Gasteiger partial charge in [0.05, 0.1) is 18.2 Å². The van der Waals surface area contributed by atoms with Crippen molar-refractivity contribution in [3.63, 3.8) is 0 Å². The first-order valence-electron chi connectivity index (χ1n) is 9.84. The quantitative estimate of drug-likeness (QED) is 0.444. The first kappa shape index (κ1) is 22.4. The molecular weight excluding hydrogens is 364 g/mol. The van der Waals surface area contributed by atoms with Crippen LogP contribution in [0.15, 0.2) is 61.2 Å². The molecule has 0 bridgehead atoms. The van der Waals surface area contributed by atoms with Crippen LogP contribution in [-0.4, -0.2) is 24.6 Å². The van der Waals surface area contributed by atoms with Gasteiger partial charge in [-0.25, -0.2) is 9.59 Å². The van der Waals surface area contributed by atoms with Crippen LogP contribution in [0.5, 0.6) is 0 Å². The smallest absolute Gasteiger partial charge is 0.338 e. The number of carbonyl (C=O) groups excluding carboxylic acids is 2. The first-order valence-corrected chi connectivity index (χ1v) is 9.84. The molecule has 0 heterocycles. The Hall–Kier alpha value is -2.88. The molecule has 0 saturated heterocycles. The molecule has 4 nitrogen and oxygen atoms in total. The molecule has 29 heavy (non-hydrogen) atoms. The summed E-state index contributed by atoms with van der Waals surface area (Å²) in [5.74, 6) is -0.306. The monoisotopic (exact) mass is 394 g/mol. The molecule has 0 amide bonds. The van der Waals surface area contributed by atoms with Crippen molar-refractivity contribution in [2.45, 2.75) is 45.6 Å². The number of methoxy groups -OCH3 is 1. The summed E-state index contributed by atoms with van der Waals surface area (Å²) in [7, 11) is 1.38. The third kappa shape index (κ3) is 7.22. The fourth-order valence-electron chi connectivity index (χ4n) is 3.00. The fraction of sp³-hybridized carbons (Fsp3) is 0.360. The number of benzene rings is 2. The predicted octanol–water partition coefficient (Wildman–Crippen LogP) is 5.41. The Morgan fingerprint density at radius 3 is 1.93 bits per heavy atom. The van der Waals surface area contributed by atoms with Crippen LogP contribution >= 0.6 is 0 Å². The molecule has 4 heteroatoms. The van der Waals surface area contributed by atoms with E-state index in [4.69, 9.17) is 9.47 Å². The summed E-state index contributed by atoms with van der Waals surface area (Å²) < 4.78 is 10.1. The zero-order valence-electron chi connectivity index (χ0n) is 17.7. The lowest BCUT2D eigenvalue weighted by Gasteiger charge is -2.19. The predicted molar refractivity (Wildman–Crippen MR) is 115 cm³/mol. The van der Waals surface area contributed by atoms with Crippen molar-refractivity contribution in [3.05, 3.63) is 83.4 Å². The normalized spacial score (nSPS) is 12.1. The van der Waals surface area contributed by atoms with E-state index in [0.29, 0.717) is 17.0 Å². The van der Waals surface area contributed by atoms with E-state index in [1.165, 1.54) is 12.7 Å². The van der Waals surface area contributed by atoms with Gasteiger partial charge in [0, 0.05) is 0 Å². The Kier molecular flexibility index (Phi) is 7.77. The molecule has 0 spiro atoms. The van der Waals surface area contributed by atoms with Crippen molar-refractivity contribution in [2.24, 2.45) is 5.92 Å². The molecule has 1 atom stereocenters. The summed E-state index contributed by atoms with van der Waals surface area (Å²) >= 11 is 0. The van der Waals surface area contributed by atoms with Gasteiger partial charge in [0.2, 0.25) is 0 Å². The zero-order valence-corrected chi connectivity index (χ0v) is 17.7. The van der Waals surface area contributed by atoms with Crippen molar-refractivity contribution in [2.75, 3.05) is 7.11 Å². The minimum atomic E-state index is -0.498. The minimum absolute atomic E-state index is 0.302. The van der Waals surface area contributed by atoms with Crippen LogP contribution in [0.3, 0.4) is 0 Å². The number of aryl methyl sites for hydroxylation is 1. The van der Waals surface area contributed by atoms with E-state index in [-0.39, 0.29) is 11.9 Å². The number of carbonyl (C=O) groups is 2. The highest BCUT2D eigenvalue weighted by Crippen LogP contribution is 2.19. The second-order valence-corrected chi connectivity index (χ2v) is 8.13. The van der Waals surface area contributed by atoms with Gasteiger partial charge in [0.1, 0.15) is 5.60 Å². The van der Waals surface area contributed by atoms with Gasteiger partial charge in [0.15, 0.2) is 0 Å². The number of allylic oxidation sites excluding steroid dienone is 1. The number of ether oxygens (including phenoxy) is 2. The van der Waals surface area contributed by atoms with Crippen molar-refractivity contribution in [3.8, 4) is 0 Å². The molecule has 0 aliphatic rings. The number of hydrogen-bond acceptors (Lipinski definition) is 4. The zero-order chi connectivity index (χ0) is 21.4. The second-order valence-electron chi connectivity index (χ2n) is 8.13. The third-order valence-electron chi connectivity index (χ3n) is 4.60. The van der Waals surface area contributed by atoms with Gasteiger partial charge in [0.25, 0.3) is 0 Å². The molecule has 0 aliphatic carbocycles. The molecule has 0 radical (unpaired) electrons. The van der Waals surface area contributed by atoms with E-state index in [1.54, 1.807) is 12.1 Å². The molecule has 0 N–H and O–H groups in total. The Labute approximate surface area is 173 Å². The van der Waals surface area contributed by atoms with Crippen molar-refractivity contribution >= 4 is 11.9 Å². The van der Waals surface area contributed by atoms with Crippen molar-refractivity contribution < 1.29 is 19.1 Å². The van der Waals surface area contributed by atoms with Gasteiger partial charge >= 0.3 is 11.9 Å². The Bertz CT molecular complexity index is 827. The molecule has 2 aromatic rings. The minimum Gasteiger partial charge on any atom is -0.465 e. The highest BCUT2D eigenvalue weighted by molar-refractivity contribution is 5.90. The molecule has 0 saturated carbocycles. The van der Waals surface area contributed by atoms with Crippen LogP contribution in [0.25, 0.3) is 0 Å². The van der Waals surface area contributed by atoms with Gasteiger partial charge in [-0.2, -0.15) is 0 Å². The van der Waals surface area contributed by atoms with Crippen LogP contribution in [0.4, 0.5) is 0 Å². The first-order chi connectivity index (χ1) is 13.7. The average Bonchev–Trinajstić information content (AvgIpc) is 2.70. The van der Waals surface area contributed by atoms with Gasteiger partial charge in [-0.3, -0.25) is 0 Å². The molecule has 0 aromatic heterocycles. The summed E-state index contributed by atoms with van der Waals surface area (Å²) in [5, 5.41) is 0. The Balaban J connectivity index is 1.91. The van der Waals surface area contributed by atoms with Crippen LogP contribution in [0, 0.1) is 5.92 Å². The van der Waals surface area contributed by atoms with Crippen LogP contribution < -0.4 is 0 Å². The van der Waals surface area contributed by atoms with E-state index in [1.807, 2.05) is 63.2 Å². The molecular formula is C25H30O4. The van der Waals surface area contributed by atoms with Crippen LogP contribution in [-0.2, 0) is 22.3 Å². The number of rotatable bonds is 8. The van der Waals surface area contributed by atoms with E-state index in [2.05, 4.69) is 6.58 Å². The van der Waals surface area contributed by atoms with Crippen molar-refractivity contribution in [1.82, 2.24) is 0 Å². The molecule has 2 rings (SSSR count). The van der Waals surface area contributed by atoms with E-state index in [0.717, 1.165) is 24.8 Å². The van der Waals surface area contributed by atoms with Crippen molar-refractivity contribution in [1.29, 1.82) is 0 Å². The lowest BCUT2D eigenvalue weighted by molar-refractivity contribution is 0.00693. The third-order valence-corrected chi connectivity index (χ3v) is 4.60. The SMILES string of the molecule is C=CC(CCc1ccc(C(=O)OC(C)(C)C)cc1)Cc1ccc(C(=O)OC)cc1. The standard InChI is InChI=1S/C25H30O4/c1-6-18(17-20-11-15-21(16-12-20)23(26)28-5)7-8-19-9-13-22(14-10-19)24(27)29-25(2,3)4/h6,9-16,18H,1,7-8,17H2,2-5H3. The summed E-state index contributed by atoms with van der Waals surface area (Å²) in [6, 6.07) is 15.1. The van der Waals surface area contributed by atoms with Crippen LogP contribution in [0.2, 0.25) is 0 Å². The molecule has 154 valence electrons. The summed E-state index contributed by atoms with van der Waals surface area (Å²) in [6.07, 6.45) is 4.68. The fourth-order valence-corrected chi connectivity index (χ4v) is 3.00. The maximum absolute atomic E-state index is 12.1. The molecule has 0 fully saturated rings. The summed E-state index contributed by atoms with van der Waals surface area (Å²) in [6.45, 7) is 9.54.